The van der Waals surface area contributed by atoms with Gasteiger partial charge >= 0.3 is 0 Å². The van der Waals surface area contributed by atoms with Gasteiger partial charge in [-0.3, -0.25) is 0 Å². The first-order valence-corrected chi connectivity index (χ1v) is 7.91. The maximum absolute atomic E-state index is 5.41. The van der Waals surface area contributed by atoms with Crippen LogP contribution < -0.4 is 9.47 Å². The van der Waals surface area contributed by atoms with Gasteiger partial charge in [0.25, 0.3) is 0 Å². The van der Waals surface area contributed by atoms with E-state index in [0.29, 0.717) is 12.4 Å². The van der Waals surface area contributed by atoms with Crippen molar-refractivity contribution in [2.75, 3.05) is 6.79 Å². The Morgan fingerprint density at radius 1 is 1.13 bits per heavy atom. The largest absolute Gasteiger partial charge is 0.454 e. The van der Waals surface area contributed by atoms with Crippen molar-refractivity contribution >= 4 is 15.9 Å². The summed E-state index contributed by atoms with van der Waals surface area (Å²) in [6, 6.07) is 11.9. The van der Waals surface area contributed by atoms with Crippen molar-refractivity contribution in [1.29, 1.82) is 0 Å². The fourth-order valence-corrected chi connectivity index (χ4v) is 2.81. The molecule has 4 rings (SSSR count). The number of aryl methyl sites for hydroxylation is 1. The van der Waals surface area contributed by atoms with Gasteiger partial charge in [0.2, 0.25) is 12.6 Å². The summed E-state index contributed by atoms with van der Waals surface area (Å²) in [4.78, 5) is 1.57. The van der Waals surface area contributed by atoms with Crippen LogP contribution in [0.2, 0.25) is 0 Å². The molecule has 0 N–H and O–H groups in total. The standard InChI is InChI=1S/C16H13BrN4O2/c1-10-2-4-11(5-3-10)16-18-20-21(19-16)8-12-6-14-15(7-13(12)17)23-9-22-14/h2-7H,8-9H2,1H3. The Labute approximate surface area is 141 Å². The summed E-state index contributed by atoms with van der Waals surface area (Å²) in [5.74, 6) is 2.09. The molecular formula is C16H13BrN4O2. The van der Waals surface area contributed by atoms with Gasteiger partial charge < -0.3 is 9.47 Å². The molecule has 23 heavy (non-hydrogen) atoms. The molecule has 0 radical (unpaired) electrons. The molecule has 1 aliphatic heterocycles. The molecule has 0 bridgehead atoms. The van der Waals surface area contributed by atoms with Crippen LogP contribution in [0.25, 0.3) is 11.4 Å². The van der Waals surface area contributed by atoms with Crippen molar-refractivity contribution < 1.29 is 9.47 Å². The van der Waals surface area contributed by atoms with Crippen LogP contribution >= 0.6 is 15.9 Å². The van der Waals surface area contributed by atoms with Crippen LogP contribution in [0.15, 0.2) is 40.9 Å². The first-order chi connectivity index (χ1) is 11.2. The second kappa shape index (κ2) is 5.66. The van der Waals surface area contributed by atoms with E-state index in [4.69, 9.17) is 9.47 Å². The number of hydrogen-bond acceptors (Lipinski definition) is 5. The van der Waals surface area contributed by atoms with Crippen LogP contribution in [-0.2, 0) is 6.54 Å². The molecule has 1 aliphatic rings. The third-order valence-electron chi connectivity index (χ3n) is 3.62. The molecule has 0 amide bonds. The highest BCUT2D eigenvalue weighted by Crippen LogP contribution is 2.37. The molecular weight excluding hydrogens is 360 g/mol. The van der Waals surface area contributed by atoms with E-state index in [1.165, 1.54) is 5.56 Å². The van der Waals surface area contributed by atoms with Gasteiger partial charge in [0.1, 0.15) is 0 Å². The van der Waals surface area contributed by atoms with Crippen LogP contribution in [-0.4, -0.2) is 27.0 Å². The molecule has 0 saturated carbocycles. The Morgan fingerprint density at radius 3 is 2.65 bits per heavy atom. The number of ether oxygens (including phenoxy) is 2. The molecule has 0 spiro atoms. The fraction of sp³-hybridized carbons (Fsp3) is 0.188. The van der Waals surface area contributed by atoms with E-state index in [1.807, 2.05) is 43.3 Å². The Balaban J connectivity index is 1.59. The smallest absolute Gasteiger partial charge is 0.231 e. The average molecular weight is 373 g/mol. The van der Waals surface area contributed by atoms with Crippen molar-refractivity contribution in [3.05, 3.63) is 52.0 Å². The molecule has 0 aliphatic carbocycles. The molecule has 3 aromatic rings. The van der Waals surface area contributed by atoms with Gasteiger partial charge in [-0.25, -0.2) is 0 Å². The molecule has 0 saturated heterocycles. The number of rotatable bonds is 3. The van der Waals surface area contributed by atoms with Gasteiger partial charge in [0.15, 0.2) is 11.5 Å². The van der Waals surface area contributed by atoms with Crippen molar-refractivity contribution in [3.8, 4) is 22.9 Å². The number of aromatic nitrogens is 4. The van der Waals surface area contributed by atoms with E-state index in [0.717, 1.165) is 27.1 Å². The van der Waals surface area contributed by atoms with Crippen molar-refractivity contribution in [2.45, 2.75) is 13.5 Å². The zero-order valence-corrected chi connectivity index (χ0v) is 13.9. The number of fused-ring (bicyclic) bond motifs is 1. The van der Waals surface area contributed by atoms with Gasteiger partial charge in [-0.15, -0.1) is 10.2 Å². The third-order valence-corrected chi connectivity index (χ3v) is 4.35. The molecule has 6 nitrogen and oxygen atoms in total. The van der Waals surface area contributed by atoms with E-state index in [1.54, 1.807) is 4.80 Å². The van der Waals surface area contributed by atoms with Crippen LogP contribution in [0.3, 0.4) is 0 Å². The first kappa shape index (κ1) is 14.2. The van der Waals surface area contributed by atoms with E-state index < -0.39 is 0 Å². The van der Waals surface area contributed by atoms with Crippen molar-refractivity contribution in [1.82, 2.24) is 20.2 Å². The molecule has 0 atom stereocenters. The molecule has 0 fully saturated rings. The minimum absolute atomic E-state index is 0.254. The van der Waals surface area contributed by atoms with E-state index in [2.05, 4.69) is 31.3 Å². The monoisotopic (exact) mass is 372 g/mol. The normalized spacial score (nSPS) is 12.6. The van der Waals surface area contributed by atoms with E-state index in [-0.39, 0.29) is 6.79 Å². The summed E-state index contributed by atoms with van der Waals surface area (Å²) in [7, 11) is 0. The minimum atomic E-state index is 0.254. The molecule has 0 unspecified atom stereocenters. The molecule has 2 aromatic carbocycles. The first-order valence-electron chi connectivity index (χ1n) is 7.12. The number of halogens is 1. The van der Waals surface area contributed by atoms with Gasteiger partial charge in [-0.1, -0.05) is 45.8 Å². The van der Waals surface area contributed by atoms with Crippen LogP contribution in [0, 0.1) is 6.92 Å². The SMILES string of the molecule is Cc1ccc(-c2nnn(Cc3cc4c(cc3Br)OCO4)n2)cc1. The van der Waals surface area contributed by atoms with Gasteiger partial charge in [0.05, 0.1) is 6.54 Å². The topological polar surface area (TPSA) is 62.1 Å². The Morgan fingerprint density at radius 2 is 1.87 bits per heavy atom. The summed E-state index contributed by atoms with van der Waals surface area (Å²) in [6.07, 6.45) is 0. The van der Waals surface area contributed by atoms with Crippen molar-refractivity contribution in [2.24, 2.45) is 0 Å². The predicted molar refractivity (Wildman–Crippen MR) is 87.4 cm³/mol. The molecule has 1 aromatic heterocycles. The third kappa shape index (κ3) is 2.79. The summed E-state index contributed by atoms with van der Waals surface area (Å²) in [5, 5.41) is 12.7. The summed E-state index contributed by atoms with van der Waals surface area (Å²) in [6.45, 7) is 2.80. The number of tetrazole rings is 1. The summed E-state index contributed by atoms with van der Waals surface area (Å²) < 4.78 is 11.7. The van der Waals surface area contributed by atoms with Crippen LogP contribution in [0.5, 0.6) is 11.5 Å². The average Bonchev–Trinajstić information content (AvgIpc) is 3.18. The lowest BCUT2D eigenvalue weighted by Gasteiger charge is -2.05. The highest BCUT2D eigenvalue weighted by atomic mass is 79.9. The lowest BCUT2D eigenvalue weighted by Crippen LogP contribution is -2.04. The lowest BCUT2D eigenvalue weighted by atomic mass is 10.1. The molecule has 2 heterocycles. The number of hydrogen-bond donors (Lipinski definition) is 0. The molecule has 7 heteroatoms. The van der Waals surface area contributed by atoms with Crippen LogP contribution in [0.1, 0.15) is 11.1 Å². The minimum Gasteiger partial charge on any atom is -0.454 e. The second-order valence-corrected chi connectivity index (χ2v) is 6.16. The summed E-state index contributed by atoms with van der Waals surface area (Å²) >= 11 is 3.54. The van der Waals surface area contributed by atoms with Gasteiger partial charge in [-0.05, 0) is 29.8 Å². The maximum atomic E-state index is 5.41. The van der Waals surface area contributed by atoms with Crippen LogP contribution in [0.4, 0.5) is 0 Å². The number of benzene rings is 2. The fourth-order valence-electron chi connectivity index (χ4n) is 2.36. The highest BCUT2D eigenvalue weighted by molar-refractivity contribution is 9.10. The maximum Gasteiger partial charge on any atom is 0.231 e. The Hall–Kier alpha value is -2.41. The second-order valence-electron chi connectivity index (χ2n) is 5.31. The molecule has 116 valence electrons. The zero-order chi connectivity index (χ0) is 15.8. The zero-order valence-electron chi connectivity index (χ0n) is 12.4. The quantitative estimate of drug-likeness (QED) is 0.706. The van der Waals surface area contributed by atoms with Gasteiger partial charge in [0, 0.05) is 10.0 Å². The Bertz CT molecular complexity index is 861. The number of nitrogens with zero attached hydrogens (tertiary/aromatic N) is 4. The van der Waals surface area contributed by atoms with E-state index in [9.17, 15) is 0 Å². The van der Waals surface area contributed by atoms with Gasteiger partial charge in [-0.2, -0.15) is 4.80 Å². The highest BCUT2D eigenvalue weighted by Gasteiger charge is 2.17. The van der Waals surface area contributed by atoms with Crippen molar-refractivity contribution in [3.63, 3.8) is 0 Å². The predicted octanol–water partition coefficient (Wildman–Crippen LogP) is 3.19. The summed E-state index contributed by atoms with van der Waals surface area (Å²) in [5.41, 5.74) is 3.15. The lowest BCUT2D eigenvalue weighted by molar-refractivity contribution is 0.174. The van der Waals surface area contributed by atoms with E-state index >= 15 is 0 Å². The Kier molecular flexibility index (Phi) is 3.49.